The first kappa shape index (κ1) is 13.5. The Hall–Kier alpha value is -0.980. The van der Waals surface area contributed by atoms with Crippen molar-refractivity contribution in [2.24, 2.45) is 0 Å². The molecule has 0 aliphatic carbocycles. The normalized spacial score (nSPS) is 12.1. The summed E-state index contributed by atoms with van der Waals surface area (Å²) in [6.45, 7) is 8.92. The Morgan fingerprint density at radius 2 is 2.11 bits per heavy atom. The van der Waals surface area contributed by atoms with Gasteiger partial charge in [0.2, 0.25) is 5.13 Å². The molecule has 0 unspecified atom stereocenters. The molecule has 0 aromatic carbocycles. The lowest BCUT2D eigenvalue weighted by Gasteiger charge is -2.19. The molecule has 2 aromatic rings. The Morgan fingerprint density at radius 1 is 1.39 bits per heavy atom. The van der Waals surface area contributed by atoms with Gasteiger partial charge in [-0.05, 0) is 27.7 Å². The summed E-state index contributed by atoms with van der Waals surface area (Å²) in [7, 11) is 0. The van der Waals surface area contributed by atoms with Crippen LogP contribution in [0.5, 0.6) is 0 Å². The summed E-state index contributed by atoms with van der Waals surface area (Å²) >= 11 is 7.47. The van der Waals surface area contributed by atoms with Crippen LogP contribution in [0.1, 0.15) is 31.5 Å². The van der Waals surface area contributed by atoms with Crippen LogP contribution in [0.2, 0.25) is 5.02 Å². The van der Waals surface area contributed by atoms with E-state index in [1.165, 1.54) is 11.3 Å². The molecule has 0 fully saturated rings. The Labute approximate surface area is 115 Å². The summed E-state index contributed by atoms with van der Waals surface area (Å²) in [6.07, 6.45) is 1.75. The molecule has 0 spiro atoms. The van der Waals surface area contributed by atoms with E-state index in [0.29, 0.717) is 11.6 Å². The van der Waals surface area contributed by atoms with Gasteiger partial charge in [0.05, 0.1) is 23.5 Å². The zero-order chi connectivity index (χ0) is 13.3. The number of nitrogens with one attached hydrogen (secondary N) is 1. The van der Waals surface area contributed by atoms with Gasteiger partial charge in [-0.2, -0.15) is 5.10 Å². The molecule has 0 bridgehead atoms. The predicted molar refractivity (Wildman–Crippen MR) is 73.4 cm³/mol. The molecule has 98 valence electrons. The molecule has 0 saturated carbocycles. The van der Waals surface area contributed by atoms with Gasteiger partial charge < -0.3 is 5.32 Å². The molecule has 0 aliphatic rings. The number of rotatable bonds is 3. The lowest BCUT2D eigenvalue weighted by molar-refractivity contribution is 0.423. The molecule has 2 heterocycles. The molecule has 18 heavy (non-hydrogen) atoms. The van der Waals surface area contributed by atoms with E-state index in [-0.39, 0.29) is 5.54 Å². The molecule has 2 rings (SSSR count). The molecule has 0 aliphatic heterocycles. The fourth-order valence-corrected chi connectivity index (χ4v) is 2.12. The molecule has 2 aromatic heterocycles. The van der Waals surface area contributed by atoms with E-state index in [9.17, 15) is 0 Å². The maximum atomic E-state index is 5.97. The van der Waals surface area contributed by atoms with Crippen molar-refractivity contribution in [1.82, 2.24) is 25.3 Å². The van der Waals surface area contributed by atoms with Crippen LogP contribution in [0.15, 0.2) is 6.20 Å². The molecule has 0 radical (unpaired) electrons. The molecule has 0 amide bonds. The number of hydrogen-bond donors (Lipinski definition) is 1. The second kappa shape index (κ2) is 4.95. The largest absolute Gasteiger partial charge is 0.306 e. The number of nitrogens with zero attached hydrogens (tertiary/aromatic N) is 4. The highest BCUT2D eigenvalue weighted by Crippen LogP contribution is 2.19. The summed E-state index contributed by atoms with van der Waals surface area (Å²) < 4.78 is 1.66. The second-order valence-corrected chi connectivity index (χ2v) is 6.54. The van der Waals surface area contributed by atoms with Crippen molar-refractivity contribution in [2.45, 2.75) is 39.8 Å². The van der Waals surface area contributed by atoms with Gasteiger partial charge in [-0.1, -0.05) is 22.9 Å². The highest BCUT2D eigenvalue weighted by Gasteiger charge is 2.13. The summed E-state index contributed by atoms with van der Waals surface area (Å²) in [5.41, 5.74) is 0.860. The molecule has 0 saturated heterocycles. The van der Waals surface area contributed by atoms with E-state index in [2.05, 4.69) is 41.4 Å². The summed E-state index contributed by atoms with van der Waals surface area (Å²) in [6, 6.07) is 0. The van der Waals surface area contributed by atoms with Crippen LogP contribution in [0.4, 0.5) is 0 Å². The van der Waals surface area contributed by atoms with Crippen molar-refractivity contribution in [1.29, 1.82) is 0 Å². The maximum Gasteiger partial charge on any atom is 0.232 e. The first-order valence-electron chi connectivity index (χ1n) is 5.65. The van der Waals surface area contributed by atoms with Crippen molar-refractivity contribution in [2.75, 3.05) is 0 Å². The SMILES string of the molecule is Cc1nn(-c2nnc(CNC(C)(C)C)s2)cc1Cl. The van der Waals surface area contributed by atoms with Crippen LogP contribution in [-0.4, -0.2) is 25.5 Å². The molecule has 7 heteroatoms. The van der Waals surface area contributed by atoms with Gasteiger partial charge in [0, 0.05) is 5.54 Å². The van der Waals surface area contributed by atoms with E-state index < -0.39 is 0 Å². The summed E-state index contributed by atoms with van der Waals surface area (Å²) in [4.78, 5) is 0. The maximum absolute atomic E-state index is 5.97. The lowest BCUT2D eigenvalue weighted by atomic mass is 10.1. The van der Waals surface area contributed by atoms with E-state index in [1.807, 2.05) is 6.92 Å². The number of hydrogen-bond acceptors (Lipinski definition) is 5. The van der Waals surface area contributed by atoms with Gasteiger partial charge in [-0.15, -0.1) is 10.2 Å². The average molecular weight is 286 g/mol. The topological polar surface area (TPSA) is 55.6 Å². The van der Waals surface area contributed by atoms with Crippen molar-refractivity contribution in [3.05, 3.63) is 21.9 Å². The van der Waals surface area contributed by atoms with E-state index in [4.69, 9.17) is 11.6 Å². The van der Waals surface area contributed by atoms with Gasteiger partial charge in [-0.3, -0.25) is 0 Å². The number of aromatic nitrogens is 4. The molecular weight excluding hydrogens is 270 g/mol. The third-order valence-corrected chi connectivity index (χ3v) is 3.55. The number of aryl methyl sites for hydroxylation is 1. The molecule has 0 atom stereocenters. The summed E-state index contributed by atoms with van der Waals surface area (Å²) in [5, 5.41) is 18.2. The Morgan fingerprint density at radius 3 is 2.67 bits per heavy atom. The van der Waals surface area contributed by atoms with Crippen LogP contribution < -0.4 is 5.32 Å². The number of halogens is 1. The lowest BCUT2D eigenvalue weighted by Crippen LogP contribution is -2.35. The first-order chi connectivity index (χ1) is 8.35. The fourth-order valence-electron chi connectivity index (χ4n) is 1.29. The van der Waals surface area contributed by atoms with Gasteiger partial charge in [-0.25, -0.2) is 4.68 Å². The van der Waals surface area contributed by atoms with Gasteiger partial charge >= 0.3 is 0 Å². The first-order valence-corrected chi connectivity index (χ1v) is 6.84. The molecular formula is C11H16ClN5S. The fraction of sp³-hybridized carbons (Fsp3) is 0.545. The monoisotopic (exact) mass is 285 g/mol. The summed E-state index contributed by atoms with van der Waals surface area (Å²) in [5.74, 6) is 0. The molecule has 1 N–H and O–H groups in total. The highest BCUT2D eigenvalue weighted by molar-refractivity contribution is 7.13. The Kier molecular flexibility index (Phi) is 3.70. The van der Waals surface area contributed by atoms with Crippen LogP contribution in [0, 0.1) is 6.92 Å². The van der Waals surface area contributed by atoms with Crippen molar-refractivity contribution in [3.8, 4) is 5.13 Å². The van der Waals surface area contributed by atoms with Crippen molar-refractivity contribution < 1.29 is 0 Å². The van der Waals surface area contributed by atoms with Gasteiger partial charge in [0.15, 0.2) is 0 Å². The van der Waals surface area contributed by atoms with E-state index in [0.717, 1.165) is 15.8 Å². The minimum absolute atomic E-state index is 0.0669. The second-order valence-electron chi connectivity index (χ2n) is 5.09. The van der Waals surface area contributed by atoms with Crippen LogP contribution in [-0.2, 0) is 6.54 Å². The van der Waals surface area contributed by atoms with Crippen LogP contribution in [0.25, 0.3) is 5.13 Å². The third kappa shape index (κ3) is 3.28. The van der Waals surface area contributed by atoms with Gasteiger partial charge in [0.1, 0.15) is 5.01 Å². The Balaban J connectivity index is 2.11. The van der Waals surface area contributed by atoms with Gasteiger partial charge in [0.25, 0.3) is 0 Å². The predicted octanol–water partition coefficient (Wildman–Crippen LogP) is 2.57. The average Bonchev–Trinajstić information content (AvgIpc) is 2.83. The van der Waals surface area contributed by atoms with E-state index >= 15 is 0 Å². The van der Waals surface area contributed by atoms with Crippen LogP contribution in [0.3, 0.4) is 0 Å². The molecule has 5 nitrogen and oxygen atoms in total. The third-order valence-electron chi connectivity index (χ3n) is 2.26. The standard InChI is InChI=1S/C11H16ClN5S/c1-7-8(12)6-17(16-7)10-15-14-9(18-10)5-13-11(2,3)4/h6,13H,5H2,1-4H3. The van der Waals surface area contributed by atoms with Crippen molar-refractivity contribution in [3.63, 3.8) is 0 Å². The van der Waals surface area contributed by atoms with E-state index in [1.54, 1.807) is 10.9 Å². The zero-order valence-electron chi connectivity index (χ0n) is 10.9. The smallest absolute Gasteiger partial charge is 0.232 e. The highest BCUT2D eigenvalue weighted by atomic mass is 35.5. The zero-order valence-corrected chi connectivity index (χ0v) is 12.4. The minimum Gasteiger partial charge on any atom is -0.306 e. The quantitative estimate of drug-likeness (QED) is 0.942. The Bertz CT molecular complexity index is 520. The minimum atomic E-state index is 0.0669. The van der Waals surface area contributed by atoms with Crippen molar-refractivity contribution >= 4 is 22.9 Å². The van der Waals surface area contributed by atoms with Crippen LogP contribution >= 0.6 is 22.9 Å².